The number of fused-ring (bicyclic) bond motifs is 1. The van der Waals surface area contributed by atoms with Crippen molar-refractivity contribution in [2.45, 2.75) is 25.7 Å². The van der Waals surface area contributed by atoms with E-state index in [1.165, 1.54) is 31.1 Å². The van der Waals surface area contributed by atoms with Crippen LogP contribution in [-0.2, 0) is 12.8 Å². The SMILES string of the molecule is IB(I)c1ccc2c(c1)CCCC2. The summed E-state index contributed by atoms with van der Waals surface area (Å²) in [5, 5.41) is 0. The van der Waals surface area contributed by atoms with E-state index in [9.17, 15) is 0 Å². The zero-order chi connectivity index (χ0) is 9.26. The minimum atomic E-state index is 0.613. The van der Waals surface area contributed by atoms with Gasteiger partial charge in [-0.1, -0.05) is 23.7 Å². The van der Waals surface area contributed by atoms with Gasteiger partial charge in [0.1, 0.15) is 0 Å². The van der Waals surface area contributed by atoms with E-state index < -0.39 is 0 Å². The molecule has 0 amide bonds. The van der Waals surface area contributed by atoms with E-state index in [0.717, 1.165) is 0 Å². The molecule has 0 bridgehead atoms. The van der Waals surface area contributed by atoms with Gasteiger partial charge >= 0.3 is 2.43 Å². The number of benzene rings is 1. The first-order valence-electron chi connectivity index (χ1n) is 4.67. The molecule has 1 aliphatic rings. The second-order valence-electron chi connectivity index (χ2n) is 3.54. The molecule has 0 fully saturated rings. The van der Waals surface area contributed by atoms with E-state index in [-0.39, 0.29) is 0 Å². The second kappa shape index (κ2) is 4.51. The van der Waals surface area contributed by atoms with Gasteiger partial charge in [0, 0.05) is 0 Å². The molecule has 0 saturated carbocycles. The summed E-state index contributed by atoms with van der Waals surface area (Å²) >= 11 is 4.94. The fourth-order valence-electron chi connectivity index (χ4n) is 1.89. The first-order chi connectivity index (χ1) is 6.27. The van der Waals surface area contributed by atoms with Crippen LogP contribution in [0.5, 0.6) is 0 Å². The quantitative estimate of drug-likeness (QED) is 0.506. The van der Waals surface area contributed by atoms with Gasteiger partial charge in [0.25, 0.3) is 0 Å². The van der Waals surface area contributed by atoms with E-state index >= 15 is 0 Å². The van der Waals surface area contributed by atoms with Crippen molar-refractivity contribution < 1.29 is 0 Å². The highest BCUT2D eigenvalue weighted by atomic mass is 127. The first kappa shape index (κ1) is 10.3. The van der Waals surface area contributed by atoms with Crippen LogP contribution in [0, 0.1) is 0 Å². The van der Waals surface area contributed by atoms with Gasteiger partial charge in [-0.15, -0.1) is 44.7 Å². The predicted octanol–water partition coefficient (Wildman–Crippen LogP) is 3.13. The normalized spacial score (nSPS) is 15.2. The molecule has 1 aromatic rings. The molecule has 0 radical (unpaired) electrons. The summed E-state index contributed by atoms with van der Waals surface area (Å²) in [6, 6.07) is 7.01. The van der Waals surface area contributed by atoms with Crippen LogP contribution in [0.3, 0.4) is 0 Å². The average Bonchev–Trinajstić information content (AvgIpc) is 2.17. The van der Waals surface area contributed by atoms with Crippen LogP contribution >= 0.6 is 44.7 Å². The topological polar surface area (TPSA) is 0 Å². The van der Waals surface area contributed by atoms with Crippen molar-refractivity contribution >= 4 is 52.6 Å². The van der Waals surface area contributed by atoms with E-state index in [1.807, 2.05) is 0 Å². The van der Waals surface area contributed by atoms with Crippen LogP contribution < -0.4 is 5.46 Å². The maximum Gasteiger partial charge on any atom is 0.320 e. The maximum absolute atomic E-state index is 2.47. The van der Waals surface area contributed by atoms with Gasteiger partial charge in [0.15, 0.2) is 0 Å². The summed E-state index contributed by atoms with van der Waals surface area (Å²) in [5.74, 6) is 0. The summed E-state index contributed by atoms with van der Waals surface area (Å²) < 4.78 is 0.613. The van der Waals surface area contributed by atoms with Crippen molar-refractivity contribution in [3.63, 3.8) is 0 Å². The molecule has 0 aromatic heterocycles. The van der Waals surface area contributed by atoms with E-state index in [1.54, 1.807) is 11.1 Å². The molecule has 0 unspecified atom stereocenters. The number of aryl methyl sites for hydroxylation is 2. The van der Waals surface area contributed by atoms with Gasteiger partial charge < -0.3 is 0 Å². The van der Waals surface area contributed by atoms with Crippen molar-refractivity contribution in [1.82, 2.24) is 0 Å². The molecule has 0 N–H and O–H groups in total. The van der Waals surface area contributed by atoms with Crippen molar-refractivity contribution in [2.75, 3.05) is 0 Å². The van der Waals surface area contributed by atoms with Crippen LogP contribution in [-0.4, -0.2) is 2.43 Å². The molecule has 1 aromatic carbocycles. The number of halogens is 2. The largest absolute Gasteiger partial charge is 0.320 e. The molecule has 2 rings (SSSR count). The summed E-state index contributed by atoms with van der Waals surface area (Å²) in [4.78, 5) is 0. The summed E-state index contributed by atoms with van der Waals surface area (Å²) in [6.45, 7) is 0. The molecular formula is C10H11BI2. The smallest absolute Gasteiger partial charge is 0.127 e. The third kappa shape index (κ3) is 2.40. The van der Waals surface area contributed by atoms with Crippen molar-refractivity contribution in [2.24, 2.45) is 0 Å². The third-order valence-electron chi connectivity index (χ3n) is 2.62. The lowest BCUT2D eigenvalue weighted by atomic mass is 9.85. The average molecular weight is 396 g/mol. The molecule has 1 aliphatic carbocycles. The zero-order valence-corrected chi connectivity index (χ0v) is 11.7. The Morgan fingerprint density at radius 3 is 2.38 bits per heavy atom. The minimum Gasteiger partial charge on any atom is -0.127 e. The second-order valence-corrected chi connectivity index (χ2v) is 8.41. The highest BCUT2D eigenvalue weighted by Crippen LogP contribution is 2.20. The molecular weight excluding hydrogens is 385 g/mol. The standard InChI is InChI=1S/C10H11BI2/c12-11(13)10-6-5-8-3-1-2-4-9(8)7-10/h5-7H,1-4H2. The molecule has 68 valence electrons. The third-order valence-corrected chi connectivity index (χ3v) is 4.06. The maximum atomic E-state index is 2.47. The van der Waals surface area contributed by atoms with Gasteiger partial charge in [-0.3, -0.25) is 0 Å². The Balaban J connectivity index is 2.35. The molecule has 0 atom stereocenters. The van der Waals surface area contributed by atoms with Gasteiger partial charge in [-0.2, -0.15) is 0 Å². The van der Waals surface area contributed by atoms with E-state index in [0.29, 0.717) is 2.43 Å². The molecule has 3 heteroatoms. The molecule has 0 saturated heterocycles. The monoisotopic (exact) mass is 396 g/mol. The number of hydrogen-bond acceptors (Lipinski definition) is 0. The predicted molar refractivity (Wildman–Crippen MR) is 76.5 cm³/mol. The van der Waals surface area contributed by atoms with E-state index in [2.05, 4.69) is 62.9 Å². The Morgan fingerprint density at radius 1 is 1.00 bits per heavy atom. The van der Waals surface area contributed by atoms with Crippen molar-refractivity contribution in [3.8, 4) is 0 Å². The lowest BCUT2D eigenvalue weighted by Gasteiger charge is -2.16. The molecule has 0 heterocycles. The Hall–Kier alpha value is 0.745. The van der Waals surface area contributed by atoms with Crippen LogP contribution in [0.25, 0.3) is 0 Å². The number of rotatable bonds is 1. The molecule has 0 spiro atoms. The van der Waals surface area contributed by atoms with Crippen molar-refractivity contribution in [3.05, 3.63) is 29.3 Å². The van der Waals surface area contributed by atoms with Gasteiger partial charge in [-0.25, -0.2) is 0 Å². The summed E-state index contributed by atoms with van der Waals surface area (Å²) in [6.07, 6.45) is 5.35. The van der Waals surface area contributed by atoms with Crippen LogP contribution in [0.4, 0.5) is 0 Å². The van der Waals surface area contributed by atoms with Crippen molar-refractivity contribution in [1.29, 1.82) is 0 Å². The lowest BCUT2D eigenvalue weighted by Crippen LogP contribution is -2.19. The summed E-state index contributed by atoms with van der Waals surface area (Å²) in [7, 11) is 0. The van der Waals surface area contributed by atoms with E-state index in [4.69, 9.17) is 0 Å². The minimum absolute atomic E-state index is 0.613. The zero-order valence-electron chi connectivity index (χ0n) is 7.39. The van der Waals surface area contributed by atoms with Gasteiger partial charge in [0.05, 0.1) is 0 Å². The van der Waals surface area contributed by atoms with Crippen LogP contribution in [0.2, 0.25) is 0 Å². The Kier molecular flexibility index (Phi) is 3.56. The molecule has 0 nitrogen and oxygen atoms in total. The fourth-order valence-corrected chi connectivity index (χ4v) is 2.66. The molecule has 13 heavy (non-hydrogen) atoms. The Morgan fingerprint density at radius 2 is 1.69 bits per heavy atom. The van der Waals surface area contributed by atoms with Crippen LogP contribution in [0.1, 0.15) is 24.0 Å². The van der Waals surface area contributed by atoms with Crippen LogP contribution in [0.15, 0.2) is 18.2 Å². The van der Waals surface area contributed by atoms with Gasteiger partial charge in [-0.05, 0) is 36.8 Å². The van der Waals surface area contributed by atoms with Gasteiger partial charge in [0.2, 0.25) is 0 Å². The Labute approximate surface area is 107 Å². The Bertz CT molecular complexity index is 310. The highest BCUT2D eigenvalue weighted by Gasteiger charge is 2.13. The highest BCUT2D eigenvalue weighted by molar-refractivity contribution is 14.3. The lowest BCUT2D eigenvalue weighted by molar-refractivity contribution is 0.686. The fraction of sp³-hybridized carbons (Fsp3) is 0.400. The first-order valence-corrected chi connectivity index (χ1v) is 7.16. The molecule has 0 aliphatic heterocycles. The summed E-state index contributed by atoms with van der Waals surface area (Å²) in [5.41, 5.74) is 4.66. The number of hydrogen-bond donors (Lipinski definition) is 0.